The first-order valence-corrected chi connectivity index (χ1v) is 11.2. The van der Waals surface area contributed by atoms with Crippen molar-refractivity contribution in [1.82, 2.24) is 15.1 Å². The zero-order valence-corrected chi connectivity index (χ0v) is 19.3. The highest BCUT2D eigenvalue weighted by molar-refractivity contribution is 6.00. The number of carbonyl (C=O) groups is 2. The Morgan fingerprint density at radius 3 is 2.24 bits per heavy atom. The Morgan fingerprint density at radius 2 is 1.59 bits per heavy atom. The van der Waals surface area contributed by atoms with Crippen molar-refractivity contribution in [1.29, 1.82) is 0 Å². The molecule has 2 unspecified atom stereocenters. The number of rotatable bonds is 5. The maximum atomic E-state index is 14.1. The standard InChI is InChI=1S/C26H19F5N4O2/c1-26(30,31)25(37)33-21-12-23(36)34(24(21)14-8-17(28)11-18(29)9-14)20-6-7-22-15(10-20)13-32-35(22)19-4-2-16(27)3-5-19/h2-11,13,21,24H,12H2,1H3,(H,33,37). The zero-order chi connectivity index (χ0) is 26.5. The van der Waals surface area contributed by atoms with Crippen LogP contribution in [-0.4, -0.2) is 33.6 Å². The van der Waals surface area contributed by atoms with Gasteiger partial charge in [0.2, 0.25) is 5.91 Å². The lowest BCUT2D eigenvalue weighted by Gasteiger charge is -2.30. The number of hydrogen-bond donors (Lipinski definition) is 1. The molecule has 1 saturated heterocycles. The fourth-order valence-corrected chi connectivity index (χ4v) is 4.55. The Morgan fingerprint density at radius 1 is 0.946 bits per heavy atom. The molecule has 3 aromatic carbocycles. The van der Waals surface area contributed by atoms with Gasteiger partial charge in [0.1, 0.15) is 17.5 Å². The molecule has 1 aliphatic rings. The van der Waals surface area contributed by atoms with E-state index < -0.39 is 47.3 Å². The highest BCUT2D eigenvalue weighted by atomic mass is 19.3. The largest absolute Gasteiger partial charge is 0.345 e. The van der Waals surface area contributed by atoms with Gasteiger partial charge in [-0.2, -0.15) is 13.9 Å². The van der Waals surface area contributed by atoms with Gasteiger partial charge in [0.25, 0.3) is 5.91 Å². The highest BCUT2D eigenvalue weighted by Gasteiger charge is 2.45. The molecule has 0 radical (unpaired) electrons. The monoisotopic (exact) mass is 514 g/mol. The number of anilines is 1. The summed E-state index contributed by atoms with van der Waals surface area (Å²) < 4.78 is 70.3. The van der Waals surface area contributed by atoms with Gasteiger partial charge in [-0.3, -0.25) is 9.59 Å². The third kappa shape index (κ3) is 4.64. The second-order valence-electron chi connectivity index (χ2n) is 8.86. The van der Waals surface area contributed by atoms with Crippen LogP contribution in [0.15, 0.2) is 66.9 Å². The summed E-state index contributed by atoms with van der Waals surface area (Å²) in [5.41, 5.74) is 1.53. The molecule has 1 fully saturated rings. The van der Waals surface area contributed by atoms with Crippen LogP contribution in [0.1, 0.15) is 24.9 Å². The van der Waals surface area contributed by atoms with Crippen LogP contribution in [-0.2, 0) is 9.59 Å². The highest BCUT2D eigenvalue weighted by Crippen LogP contribution is 2.39. The fraction of sp³-hybridized carbons (Fsp3) is 0.192. The van der Waals surface area contributed by atoms with E-state index in [4.69, 9.17) is 0 Å². The van der Waals surface area contributed by atoms with Crippen molar-refractivity contribution in [2.24, 2.45) is 0 Å². The van der Waals surface area contributed by atoms with Crippen LogP contribution in [0.4, 0.5) is 27.6 Å². The van der Waals surface area contributed by atoms with Crippen LogP contribution in [0.25, 0.3) is 16.6 Å². The van der Waals surface area contributed by atoms with Crippen LogP contribution in [0.5, 0.6) is 0 Å². The Kier molecular flexibility index (Phi) is 5.93. The average molecular weight is 514 g/mol. The fourth-order valence-electron chi connectivity index (χ4n) is 4.55. The second-order valence-corrected chi connectivity index (χ2v) is 8.86. The minimum Gasteiger partial charge on any atom is -0.345 e. The molecule has 2 heterocycles. The lowest BCUT2D eigenvalue weighted by atomic mass is 9.98. The van der Waals surface area contributed by atoms with E-state index in [1.165, 1.54) is 23.2 Å². The number of nitrogens with zero attached hydrogens (tertiary/aromatic N) is 3. The van der Waals surface area contributed by atoms with E-state index >= 15 is 0 Å². The molecule has 11 heteroatoms. The molecule has 190 valence electrons. The maximum absolute atomic E-state index is 14.1. The Hall–Kier alpha value is -4.28. The molecule has 5 rings (SSSR count). The molecule has 1 N–H and O–H groups in total. The first kappa shape index (κ1) is 24.4. The van der Waals surface area contributed by atoms with E-state index in [0.29, 0.717) is 35.3 Å². The Balaban J connectivity index is 1.57. The van der Waals surface area contributed by atoms with Crippen molar-refractivity contribution in [3.05, 3.63) is 89.9 Å². The first-order chi connectivity index (χ1) is 17.5. The molecule has 6 nitrogen and oxygen atoms in total. The smallest absolute Gasteiger partial charge is 0.321 e. The number of hydrogen-bond acceptors (Lipinski definition) is 3. The van der Waals surface area contributed by atoms with Gasteiger partial charge < -0.3 is 10.2 Å². The predicted molar refractivity (Wildman–Crippen MR) is 125 cm³/mol. The minimum absolute atomic E-state index is 0.00447. The van der Waals surface area contributed by atoms with Gasteiger partial charge in [0.15, 0.2) is 0 Å². The lowest BCUT2D eigenvalue weighted by Crippen LogP contribution is -2.46. The SMILES string of the molecule is CC(F)(F)C(=O)NC1CC(=O)N(c2ccc3c(cnn3-c3ccc(F)cc3)c2)C1c1cc(F)cc(F)c1. The minimum atomic E-state index is -3.72. The summed E-state index contributed by atoms with van der Waals surface area (Å²) in [5, 5.41) is 7.06. The van der Waals surface area contributed by atoms with Gasteiger partial charge in [0.05, 0.1) is 29.5 Å². The van der Waals surface area contributed by atoms with Gasteiger partial charge in [-0.1, -0.05) is 0 Å². The van der Waals surface area contributed by atoms with Crippen molar-refractivity contribution < 1.29 is 31.5 Å². The average Bonchev–Trinajstić information content (AvgIpc) is 3.38. The van der Waals surface area contributed by atoms with Gasteiger partial charge in [-0.05, 0) is 60.2 Å². The quantitative estimate of drug-likeness (QED) is 0.379. The molecule has 0 bridgehead atoms. The number of benzene rings is 3. The van der Waals surface area contributed by atoms with Gasteiger partial charge in [-0.25, -0.2) is 17.9 Å². The molecule has 0 spiro atoms. The summed E-state index contributed by atoms with van der Waals surface area (Å²) in [5.74, 6) is -8.11. The van der Waals surface area contributed by atoms with E-state index in [2.05, 4.69) is 10.4 Å². The molecular weight excluding hydrogens is 495 g/mol. The number of amides is 2. The van der Waals surface area contributed by atoms with Crippen molar-refractivity contribution in [3.63, 3.8) is 0 Å². The number of nitrogens with one attached hydrogen (secondary N) is 1. The molecule has 2 amide bonds. The summed E-state index contributed by atoms with van der Waals surface area (Å²) in [6.07, 6.45) is 1.16. The van der Waals surface area contributed by atoms with E-state index in [1.807, 2.05) is 0 Å². The molecule has 0 aliphatic carbocycles. The summed E-state index contributed by atoms with van der Waals surface area (Å²) in [6, 6.07) is 10.8. The van der Waals surface area contributed by atoms with Gasteiger partial charge >= 0.3 is 5.92 Å². The summed E-state index contributed by atoms with van der Waals surface area (Å²) >= 11 is 0. The first-order valence-electron chi connectivity index (χ1n) is 11.2. The van der Waals surface area contributed by atoms with E-state index in [1.54, 1.807) is 35.0 Å². The summed E-state index contributed by atoms with van der Waals surface area (Å²) in [7, 11) is 0. The normalized spacial score (nSPS) is 18.0. The van der Waals surface area contributed by atoms with Crippen molar-refractivity contribution in [2.45, 2.75) is 31.4 Å². The molecular formula is C26H19F5N4O2. The summed E-state index contributed by atoms with van der Waals surface area (Å²) in [4.78, 5) is 26.4. The Bertz CT molecular complexity index is 1490. The Labute approximate surface area is 207 Å². The molecule has 4 aromatic rings. The van der Waals surface area contributed by atoms with Gasteiger partial charge in [0, 0.05) is 30.5 Å². The maximum Gasteiger partial charge on any atom is 0.321 e. The van der Waals surface area contributed by atoms with Crippen molar-refractivity contribution >= 4 is 28.4 Å². The third-order valence-corrected chi connectivity index (χ3v) is 6.17. The topological polar surface area (TPSA) is 67.2 Å². The van der Waals surface area contributed by atoms with Crippen LogP contribution in [0.3, 0.4) is 0 Å². The van der Waals surface area contributed by atoms with Crippen molar-refractivity contribution in [3.8, 4) is 5.69 Å². The third-order valence-electron chi connectivity index (χ3n) is 6.17. The second kappa shape index (κ2) is 8.99. The molecule has 2 atom stereocenters. The number of fused-ring (bicyclic) bond motifs is 1. The van der Waals surface area contributed by atoms with E-state index in [0.717, 1.165) is 12.1 Å². The number of aromatic nitrogens is 2. The predicted octanol–water partition coefficient (Wildman–Crippen LogP) is 5.06. The molecule has 1 aliphatic heterocycles. The lowest BCUT2D eigenvalue weighted by molar-refractivity contribution is -0.143. The van der Waals surface area contributed by atoms with Crippen LogP contribution in [0, 0.1) is 17.5 Å². The molecule has 0 saturated carbocycles. The van der Waals surface area contributed by atoms with Gasteiger partial charge in [-0.15, -0.1) is 0 Å². The van der Waals surface area contributed by atoms with E-state index in [9.17, 15) is 31.5 Å². The molecule has 37 heavy (non-hydrogen) atoms. The van der Waals surface area contributed by atoms with Crippen LogP contribution in [0.2, 0.25) is 0 Å². The van der Waals surface area contributed by atoms with Crippen molar-refractivity contribution in [2.75, 3.05) is 4.90 Å². The number of carbonyl (C=O) groups excluding carboxylic acids is 2. The zero-order valence-electron chi connectivity index (χ0n) is 19.3. The number of alkyl halides is 2. The van der Waals surface area contributed by atoms with Crippen LogP contribution >= 0.6 is 0 Å². The molecule has 1 aromatic heterocycles. The summed E-state index contributed by atoms with van der Waals surface area (Å²) in [6.45, 7) is 0.417. The van der Waals surface area contributed by atoms with E-state index in [-0.39, 0.29) is 12.0 Å². The van der Waals surface area contributed by atoms with Crippen LogP contribution < -0.4 is 10.2 Å². The number of halogens is 5.